The van der Waals surface area contributed by atoms with Crippen molar-refractivity contribution in [2.75, 3.05) is 0 Å². The van der Waals surface area contributed by atoms with Gasteiger partial charge in [0.2, 0.25) is 0 Å². The lowest BCUT2D eigenvalue weighted by molar-refractivity contribution is -0.116. The number of carbonyl (C=O) groups is 2. The predicted octanol–water partition coefficient (Wildman–Crippen LogP) is 7.01. The first-order valence-electron chi connectivity index (χ1n) is 11.5. The molecular weight excluding hydrogens is 426 g/mol. The van der Waals surface area contributed by atoms with E-state index < -0.39 is 8.07 Å². The van der Waals surface area contributed by atoms with E-state index in [2.05, 4.69) is 40.4 Å². The van der Waals surface area contributed by atoms with Crippen molar-refractivity contribution in [3.05, 3.63) is 46.2 Å². The van der Waals surface area contributed by atoms with Crippen molar-refractivity contribution in [2.24, 2.45) is 17.8 Å². The van der Waals surface area contributed by atoms with Gasteiger partial charge in [0, 0.05) is 17.6 Å². The van der Waals surface area contributed by atoms with Crippen molar-refractivity contribution in [2.45, 2.75) is 78.2 Å². The Bertz CT molecular complexity index is 843. The number of halogens is 1. The number of carbonyl (C=O) groups excluding carboxylic acids is 2. The number of hydrogen-bond acceptors (Lipinski definition) is 3. The highest BCUT2D eigenvalue weighted by Crippen LogP contribution is 2.38. The first-order valence-corrected chi connectivity index (χ1v) is 15.3. The summed E-state index contributed by atoms with van der Waals surface area (Å²) in [5.41, 5.74) is 0.901. The molecule has 1 aromatic carbocycles. The molecule has 1 saturated carbocycles. The molecule has 0 aromatic heterocycles. The molecule has 6 heteroatoms. The minimum absolute atomic E-state index is 0.0801. The van der Waals surface area contributed by atoms with Gasteiger partial charge in [-0.3, -0.25) is 9.69 Å². The second kappa shape index (κ2) is 9.49. The number of Topliss-reactive ketones (excluding diaryl/α,β-unsaturated/α-hetero) is 1. The molecule has 4 nitrogen and oxygen atoms in total. The molecule has 0 bridgehead atoms. The van der Waals surface area contributed by atoms with Crippen LogP contribution in [0.25, 0.3) is 0 Å². The number of amides is 1. The molecule has 3 rings (SSSR count). The van der Waals surface area contributed by atoms with Crippen molar-refractivity contribution < 1.29 is 14.3 Å². The van der Waals surface area contributed by atoms with Crippen LogP contribution in [0.2, 0.25) is 24.7 Å². The molecule has 0 N–H and O–H groups in total. The highest BCUT2D eigenvalue weighted by Gasteiger charge is 2.40. The van der Waals surface area contributed by atoms with Crippen LogP contribution in [0.3, 0.4) is 0 Å². The van der Waals surface area contributed by atoms with Crippen LogP contribution >= 0.6 is 11.6 Å². The van der Waals surface area contributed by atoms with E-state index in [-0.39, 0.29) is 30.4 Å². The van der Waals surface area contributed by atoms with E-state index >= 15 is 0 Å². The zero-order valence-electron chi connectivity index (χ0n) is 19.7. The van der Waals surface area contributed by atoms with Gasteiger partial charge in [-0.1, -0.05) is 70.6 Å². The summed E-state index contributed by atoms with van der Waals surface area (Å²) < 4.78 is 6.17. The highest BCUT2D eigenvalue weighted by molar-refractivity contribution is 6.87. The molecule has 1 aromatic rings. The number of nitrogens with zero attached hydrogens (tertiary/aromatic N) is 1. The van der Waals surface area contributed by atoms with E-state index in [1.54, 1.807) is 23.2 Å². The zero-order valence-corrected chi connectivity index (χ0v) is 21.4. The molecule has 1 aliphatic heterocycles. The highest BCUT2D eigenvalue weighted by atomic mass is 35.5. The summed E-state index contributed by atoms with van der Waals surface area (Å²) in [6, 6.07) is 7.04. The van der Waals surface area contributed by atoms with Crippen LogP contribution in [-0.2, 0) is 9.53 Å². The van der Waals surface area contributed by atoms with E-state index in [0.717, 1.165) is 23.6 Å². The summed E-state index contributed by atoms with van der Waals surface area (Å²) >= 11 is 6.07. The number of allylic oxidation sites excluding steroid dienone is 1. The summed E-state index contributed by atoms with van der Waals surface area (Å²) in [5, 5.41) is 1.43. The summed E-state index contributed by atoms with van der Waals surface area (Å²) in [4.78, 5) is 28.2. The largest absolute Gasteiger partial charge is 0.446 e. The lowest BCUT2D eigenvalue weighted by Crippen LogP contribution is -2.44. The van der Waals surface area contributed by atoms with E-state index in [1.807, 2.05) is 12.1 Å². The Labute approximate surface area is 193 Å². The number of hydrogen-bond donors (Lipinski definition) is 0. The topological polar surface area (TPSA) is 46.6 Å². The van der Waals surface area contributed by atoms with Gasteiger partial charge in [-0.15, -0.1) is 0 Å². The molecule has 0 radical (unpaired) electrons. The van der Waals surface area contributed by atoms with Crippen LogP contribution < -0.4 is 0 Å². The minimum atomic E-state index is -1.90. The minimum Gasteiger partial charge on any atom is -0.446 e. The third-order valence-electron chi connectivity index (χ3n) is 6.77. The Balaban J connectivity index is 1.93. The average molecular weight is 462 g/mol. The fraction of sp³-hybridized carbons (Fsp3) is 0.600. The Morgan fingerprint density at radius 1 is 1.16 bits per heavy atom. The predicted molar refractivity (Wildman–Crippen MR) is 129 cm³/mol. The molecule has 0 spiro atoms. The van der Waals surface area contributed by atoms with Gasteiger partial charge in [-0.2, -0.15) is 0 Å². The Morgan fingerprint density at radius 3 is 2.39 bits per heavy atom. The van der Waals surface area contributed by atoms with Crippen molar-refractivity contribution in [1.29, 1.82) is 0 Å². The maximum Gasteiger partial charge on any atom is 0.414 e. The van der Waals surface area contributed by atoms with Crippen molar-refractivity contribution in [3.8, 4) is 0 Å². The molecule has 31 heavy (non-hydrogen) atoms. The lowest BCUT2D eigenvalue weighted by Gasteiger charge is -2.40. The molecule has 0 saturated heterocycles. The number of ether oxygens (including phenoxy) is 1. The van der Waals surface area contributed by atoms with Gasteiger partial charge in [-0.25, -0.2) is 4.79 Å². The van der Waals surface area contributed by atoms with E-state index in [1.165, 1.54) is 6.42 Å². The van der Waals surface area contributed by atoms with Crippen molar-refractivity contribution in [1.82, 2.24) is 4.90 Å². The van der Waals surface area contributed by atoms with Crippen LogP contribution in [0, 0.1) is 17.8 Å². The van der Waals surface area contributed by atoms with Gasteiger partial charge in [0.1, 0.15) is 6.10 Å². The molecule has 170 valence electrons. The molecule has 1 amide bonds. The van der Waals surface area contributed by atoms with Gasteiger partial charge in [0.05, 0.1) is 14.1 Å². The number of ketones is 1. The van der Waals surface area contributed by atoms with Gasteiger partial charge >= 0.3 is 6.09 Å². The Kier molecular flexibility index (Phi) is 7.37. The lowest BCUT2D eigenvalue weighted by atomic mass is 9.75. The number of benzene rings is 1. The van der Waals surface area contributed by atoms with Crippen LogP contribution in [-0.4, -0.2) is 31.0 Å². The second-order valence-electron chi connectivity index (χ2n) is 10.6. The normalized spacial score (nSPS) is 27.3. The fourth-order valence-electron chi connectivity index (χ4n) is 4.88. The maximum absolute atomic E-state index is 13.5. The molecule has 1 aliphatic carbocycles. The first kappa shape index (κ1) is 24.1. The van der Waals surface area contributed by atoms with E-state index in [0.29, 0.717) is 22.8 Å². The molecule has 1 heterocycles. The summed E-state index contributed by atoms with van der Waals surface area (Å²) in [7, 11) is -1.90. The SMILES string of the molecule is CC(C)[C@@H]1CC[C@@H](C)C[C@H]1OC(=O)N1C=C([Si](C)(C)C)C(=O)C[C@@H]1c1ccc(Cl)cc1. The smallest absolute Gasteiger partial charge is 0.414 e. The second-order valence-corrected chi connectivity index (χ2v) is 16.1. The fourth-order valence-corrected chi connectivity index (χ4v) is 6.47. The maximum atomic E-state index is 13.5. The monoisotopic (exact) mass is 461 g/mol. The number of rotatable bonds is 4. The summed E-state index contributed by atoms with van der Waals surface area (Å²) in [6.45, 7) is 13.1. The van der Waals surface area contributed by atoms with Gasteiger partial charge in [-0.05, 0) is 53.5 Å². The van der Waals surface area contributed by atoms with Crippen LogP contribution in [0.15, 0.2) is 35.7 Å². The molecule has 2 aliphatic rings. The van der Waals surface area contributed by atoms with Gasteiger partial charge < -0.3 is 4.74 Å². The van der Waals surface area contributed by atoms with E-state index in [9.17, 15) is 9.59 Å². The van der Waals surface area contributed by atoms with Crippen LogP contribution in [0.1, 0.15) is 58.1 Å². The van der Waals surface area contributed by atoms with Crippen LogP contribution in [0.5, 0.6) is 0 Å². The third-order valence-corrected chi connectivity index (χ3v) is 9.05. The molecule has 4 atom stereocenters. The average Bonchev–Trinajstić information content (AvgIpc) is 2.67. The van der Waals surface area contributed by atoms with Gasteiger partial charge in [0.25, 0.3) is 0 Å². The standard InChI is InChI=1S/C25H36ClNO3Si/c1-16(2)20-12-7-17(3)13-23(20)30-25(29)27-15-24(31(4,5)6)22(28)14-21(27)18-8-10-19(26)11-9-18/h8-11,15-17,20-21,23H,7,12-14H2,1-6H3/t17-,20+,21-,23-/m1/s1. The first-order chi connectivity index (χ1) is 14.5. The van der Waals surface area contributed by atoms with Crippen molar-refractivity contribution in [3.63, 3.8) is 0 Å². The van der Waals surface area contributed by atoms with E-state index in [4.69, 9.17) is 16.3 Å². The zero-order chi connectivity index (χ0) is 22.9. The molecule has 0 unspecified atom stereocenters. The summed E-state index contributed by atoms with van der Waals surface area (Å²) in [6.07, 6.45) is 4.82. The summed E-state index contributed by atoms with van der Waals surface area (Å²) in [5.74, 6) is 1.53. The van der Waals surface area contributed by atoms with Gasteiger partial charge in [0.15, 0.2) is 5.78 Å². The third kappa shape index (κ3) is 5.61. The Morgan fingerprint density at radius 2 is 1.81 bits per heavy atom. The Hall–Kier alpha value is -1.59. The van der Waals surface area contributed by atoms with Crippen LogP contribution in [0.4, 0.5) is 4.79 Å². The van der Waals surface area contributed by atoms with Crippen molar-refractivity contribution >= 4 is 31.6 Å². The molecular formula is C25H36ClNO3Si. The molecule has 1 fully saturated rings. The quantitative estimate of drug-likeness (QED) is 0.452.